The number of nitrogens with zero attached hydrogens (tertiary/aromatic N) is 3. The first-order valence-electron chi connectivity index (χ1n) is 13.8. The minimum absolute atomic E-state index is 0.0278. The van der Waals surface area contributed by atoms with Gasteiger partial charge in [0.2, 0.25) is 11.8 Å². The van der Waals surface area contributed by atoms with Crippen LogP contribution in [0.2, 0.25) is 0 Å². The summed E-state index contributed by atoms with van der Waals surface area (Å²) < 4.78 is 22.0. The molecule has 2 atom stereocenters. The van der Waals surface area contributed by atoms with E-state index in [4.69, 9.17) is 18.9 Å². The quantitative estimate of drug-likeness (QED) is 0.401. The zero-order valence-electron chi connectivity index (χ0n) is 24.0. The number of carbonyl (C=O) groups excluding carboxylic acids is 2. The lowest BCUT2D eigenvalue weighted by molar-refractivity contribution is -0.138. The second-order valence-electron chi connectivity index (χ2n) is 10.2. The maximum absolute atomic E-state index is 14.2. The SMILES string of the molecule is COc1ccc(N2C(=O)CC[C@@H](C(=O)N3CCN(c4ccccc4OC)CC3)[C@@H]2c2ccc(OC)c(OC)c2)cc1. The molecule has 2 saturated heterocycles. The molecule has 2 fully saturated rings. The first kappa shape index (κ1) is 28.1. The van der Waals surface area contributed by atoms with E-state index in [0.717, 1.165) is 17.0 Å². The molecule has 9 nitrogen and oxygen atoms in total. The number of carbonyl (C=O) groups is 2. The molecular formula is C32H37N3O6. The van der Waals surface area contributed by atoms with Gasteiger partial charge in [-0.25, -0.2) is 0 Å². The van der Waals surface area contributed by atoms with Gasteiger partial charge in [0.25, 0.3) is 0 Å². The fourth-order valence-corrected chi connectivity index (χ4v) is 5.91. The van der Waals surface area contributed by atoms with E-state index in [9.17, 15) is 9.59 Å². The molecule has 0 aromatic heterocycles. The molecule has 9 heteroatoms. The van der Waals surface area contributed by atoms with Gasteiger partial charge in [0.05, 0.1) is 46.1 Å². The second kappa shape index (κ2) is 12.4. The average molecular weight is 560 g/mol. The molecule has 0 unspecified atom stereocenters. The van der Waals surface area contributed by atoms with Crippen LogP contribution in [0.1, 0.15) is 24.4 Å². The van der Waals surface area contributed by atoms with E-state index in [2.05, 4.69) is 4.90 Å². The number of hydrogen-bond donors (Lipinski definition) is 0. The standard InChI is InChI=1S/C32H37N3O6/c1-38-24-12-10-23(11-13-24)35-30(36)16-14-25(31(35)22-9-15-28(40-3)29(21-22)41-4)32(37)34-19-17-33(18-20-34)26-7-5-6-8-27(26)39-2/h5-13,15,21,25,31H,14,16-20H2,1-4H3/t25-,31+/m1/s1. The third-order valence-electron chi connectivity index (χ3n) is 8.03. The van der Waals surface area contributed by atoms with Crippen molar-refractivity contribution in [2.45, 2.75) is 18.9 Å². The maximum Gasteiger partial charge on any atom is 0.228 e. The van der Waals surface area contributed by atoms with Crippen molar-refractivity contribution >= 4 is 23.2 Å². The molecule has 2 heterocycles. The normalized spacial score (nSPS) is 19.1. The van der Waals surface area contributed by atoms with Gasteiger partial charge in [0.1, 0.15) is 11.5 Å². The third-order valence-corrected chi connectivity index (χ3v) is 8.03. The number of amides is 2. The van der Waals surface area contributed by atoms with Crippen LogP contribution < -0.4 is 28.7 Å². The third kappa shape index (κ3) is 5.62. The maximum atomic E-state index is 14.2. The zero-order valence-corrected chi connectivity index (χ0v) is 24.0. The molecule has 2 aliphatic heterocycles. The summed E-state index contributed by atoms with van der Waals surface area (Å²) in [5.41, 5.74) is 2.56. The van der Waals surface area contributed by atoms with Gasteiger partial charge in [-0.05, 0) is 60.5 Å². The van der Waals surface area contributed by atoms with E-state index >= 15 is 0 Å². The number of ether oxygens (including phenoxy) is 4. The lowest BCUT2D eigenvalue weighted by atomic mass is 9.82. The number of para-hydroxylation sites is 2. The van der Waals surface area contributed by atoms with Crippen LogP contribution in [0.5, 0.6) is 23.0 Å². The summed E-state index contributed by atoms with van der Waals surface area (Å²) in [4.78, 5) is 33.7. The number of piperidine rings is 1. The summed E-state index contributed by atoms with van der Waals surface area (Å²) in [7, 11) is 6.45. The molecule has 2 aliphatic rings. The van der Waals surface area contributed by atoms with Crippen molar-refractivity contribution in [3.8, 4) is 23.0 Å². The molecular weight excluding hydrogens is 522 g/mol. The van der Waals surface area contributed by atoms with E-state index in [1.165, 1.54) is 0 Å². The lowest BCUT2D eigenvalue weighted by Crippen LogP contribution is -2.54. The number of methoxy groups -OCH3 is 4. The minimum atomic E-state index is -0.510. The second-order valence-corrected chi connectivity index (χ2v) is 10.2. The Morgan fingerprint density at radius 3 is 2.10 bits per heavy atom. The van der Waals surface area contributed by atoms with Crippen LogP contribution in [-0.4, -0.2) is 71.3 Å². The number of hydrogen-bond acceptors (Lipinski definition) is 7. The molecule has 41 heavy (non-hydrogen) atoms. The zero-order chi connectivity index (χ0) is 28.9. The topological polar surface area (TPSA) is 80.8 Å². The summed E-state index contributed by atoms with van der Waals surface area (Å²) in [6.07, 6.45) is 0.753. The first-order valence-corrected chi connectivity index (χ1v) is 13.8. The Kier molecular flexibility index (Phi) is 8.52. The summed E-state index contributed by atoms with van der Waals surface area (Å²) in [5, 5.41) is 0. The molecule has 216 valence electrons. The Balaban J connectivity index is 1.46. The molecule has 3 aromatic carbocycles. The molecule has 0 N–H and O–H groups in total. The van der Waals surface area contributed by atoms with Crippen LogP contribution in [0.4, 0.5) is 11.4 Å². The van der Waals surface area contributed by atoms with Gasteiger partial charge in [-0.3, -0.25) is 9.59 Å². The van der Waals surface area contributed by atoms with Crippen molar-refractivity contribution in [1.82, 2.24) is 4.90 Å². The monoisotopic (exact) mass is 559 g/mol. The van der Waals surface area contributed by atoms with Crippen LogP contribution >= 0.6 is 0 Å². The lowest BCUT2D eigenvalue weighted by Gasteiger charge is -2.44. The molecule has 0 radical (unpaired) electrons. The van der Waals surface area contributed by atoms with Crippen LogP contribution in [-0.2, 0) is 9.59 Å². The highest BCUT2D eigenvalue weighted by Gasteiger charge is 2.43. The Morgan fingerprint density at radius 1 is 0.756 bits per heavy atom. The Hall–Kier alpha value is -4.40. The van der Waals surface area contributed by atoms with Crippen molar-refractivity contribution < 1.29 is 28.5 Å². The molecule has 3 aromatic rings. The minimum Gasteiger partial charge on any atom is -0.497 e. The Bertz CT molecular complexity index is 1370. The van der Waals surface area contributed by atoms with E-state index in [0.29, 0.717) is 55.5 Å². The van der Waals surface area contributed by atoms with Crippen LogP contribution in [0, 0.1) is 5.92 Å². The van der Waals surface area contributed by atoms with Gasteiger partial charge < -0.3 is 33.6 Å². The fourth-order valence-electron chi connectivity index (χ4n) is 5.91. The molecule has 0 spiro atoms. The van der Waals surface area contributed by atoms with Crippen molar-refractivity contribution in [2.75, 3.05) is 64.4 Å². The van der Waals surface area contributed by atoms with Crippen molar-refractivity contribution in [2.24, 2.45) is 5.92 Å². The highest BCUT2D eigenvalue weighted by atomic mass is 16.5. The Morgan fingerprint density at radius 2 is 1.44 bits per heavy atom. The number of piperazine rings is 1. The van der Waals surface area contributed by atoms with Crippen molar-refractivity contribution in [3.05, 3.63) is 72.3 Å². The highest BCUT2D eigenvalue weighted by Crippen LogP contribution is 2.43. The number of benzene rings is 3. The van der Waals surface area contributed by atoms with E-state index in [1.807, 2.05) is 71.6 Å². The van der Waals surface area contributed by atoms with Gasteiger partial charge in [-0.2, -0.15) is 0 Å². The van der Waals surface area contributed by atoms with Crippen LogP contribution in [0.15, 0.2) is 66.7 Å². The van der Waals surface area contributed by atoms with Gasteiger partial charge in [-0.15, -0.1) is 0 Å². The first-order chi connectivity index (χ1) is 20.0. The molecule has 0 bridgehead atoms. The van der Waals surface area contributed by atoms with Crippen molar-refractivity contribution in [3.63, 3.8) is 0 Å². The van der Waals surface area contributed by atoms with E-state index in [-0.39, 0.29) is 18.2 Å². The van der Waals surface area contributed by atoms with Gasteiger partial charge in [-0.1, -0.05) is 18.2 Å². The van der Waals surface area contributed by atoms with Gasteiger partial charge >= 0.3 is 0 Å². The predicted molar refractivity (Wildman–Crippen MR) is 157 cm³/mol. The van der Waals surface area contributed by atoms with E-state index < -0.39 is 12.0 Å². The summed E-state index contributed by atoms with van der Waals surface area (Å²) >= 11 is 0. The smallest absolute Gasteiger partial charge is 0.228 e. The largest absolute Gasteiger partial charge is 0.497 e. The highest BCUT2D eigenvalue weighted by molar-refractivity contribution is 5.97. The van der Waals surface area contributed by atoms with Gasteiger partial charge in [0, 0.05) is 38.3 Å². The molecule has 2 amide bonds. The van der Waals surface area contributed by atoms with Crippen LogP contribution in [0.3, 0.4) is 0 Å². The Labute approximate surface area is 241 Å². The summed E-state index contributed by atoms with van der Waals surface area (Å²) in [6, 6.07) is 20.4. The molecule has 0 saturated carbocycles. The van der Waals surface area contributed by atoms with Gasteiger partial charge in [0.15, 0.2) is 11.5 Å². The predicted octanol–water partition coefficient (Wildman–Crippen LogP) is 4.55. The van der Waals surface area contributed by atoms with E-state index in [1.54, 1.807) is 33.3 Å². The number of rotatable bonds is 8. The summed E-state index contributed by atoms with van der Waals surface area (Å²) in [5.74, 6) is 2.25. The van der Waals surface area contributed by atoms with Crippen LogP contribution in [0.25, 0.3) is 0 Å². The fraction of sp³-hybridized carbons (Fsp3) is 0.375. The van der Waals surface area contributed by atoms with Crippen molar-refractivity contribution in [1.29, 1.82) is 0 Å². The average Bonchev–Trinajstić information content (AvgIpc) is 3.04. The summed E-state index contributed by atoms with van der Waals surface area (Å²) in [6.45, 7) is 2.56. The number of anilines is 2. The molecule has 5 rings (SSSR count). The molecule has 0 aliphatic carbocycles.